The fourth-order valence-electron chi connectivity index (χ4n) is 1.66. The van der Waals surface area contributed by atoms with Gasteiger partial charge in [0.25, 0.3) is 0 Å². The number of rotatable bonds is 6. The van der Waals surface area contributed by atoms with Gasteiger partial charge in [-0.2, -0.15) is 0 Å². The summed E-state index contributed by atoms with van der Waals surface area (Å²) in [7, 11) is 3.73. The van der Waals surface area contributed by atoms with Gasteiger partial charge in [-0.1, -0.05) is 0 Å². The first-order valence-corrected chi connectivity index (χ1v) is 5.45. The zero-order valence-electron chi connectivity index (χ0n) is 10.2. The normalized spacial score (nSPS) is 10.5. The molecule has 0 unspecified atom stereocenters. The number of aliphatic hydroxyl groups is 1. The Kier molecular flexibility index (Phi) is 5.22. The molecule has 0 aliphatic carbocycles. The van der Waals surface area contributed by atoms with Crippen molar-refractivity contribution in [2.24, 2.45) is 0 Å². The molecule has 0 bridgehead atoms. The zero-order valence-corrected chi connectivity index (χ0v) is 10.2. The van der Waals surface area contributed by atoms with Crippen LogP contribution in [0.3, 0.4) is 0 Å². The van der Waals surface area contributed by atoms with E-state index >= 15 is 0 Å². The van der Waals surface area contributed by atoms with Crippen LogP contribution in [0.1, 0.15) is 17.5 Å². The van der Waals surface area contributed by atoms with E-state index in [1.807, 2.05) is 20.0 Å². The molecule has 16 heavy (non-hydrogen) atoms. The molecule has 1 aromatic heterocycles. The Labute approximate surface area is 96.9 Å². The Morgan fingerprint density at radius 2 is 2.25 bits per heavy atom. The quantitative estimate of drug-likeness (QED) is 0.741. The van der Waals surface area contributed by atoms with E-state index in [1.165, 1.54) is 0 Å². The molecule has 0 spiro atoms. The number of aliphatic hydroxyl groups excluding tert-OH is 1. The molecule has 0 aliphatic heterocycles. The molecule has 0 radical (unpaired) electrons. The summed E-state index contributed by atoms with van der Waals surface area (Å²) in [5.41, 5.74) is 1.94. The van der Waals surface area contributed by atoms with Crippen molar-refractivity contribution in [3.05, 3.63) is 23.4 Å². The summed E-state index contributed by atoms with van der Waals surface area (Å²) in [4.78, 5) is 6.46. The Bertz CT molecular complexity index is 329. The predicted molar refractivity (Wildman–Crippen MR) is 64.7 cm³/mol. The lowest BCUT2D eigenvalue weighted by Gasteiger charge is -2.20. The van der Waals surface area contributed by atoms with Crippen molar-refractivity contribution in [1.29, 1.82) is 0 Å². The highest BCUT2D eigenvalue weighted by atomic mass is 16.5. The second-order valence-electron chi connectivity index (χ2n) is 3.91. The average molecular weight is 224 g/mol. The molecule has 1 heterocycles. The van der Waals surface area contributed by atoms with Gasteiger partial charge in [0.1, 0.15) is 5.82 Å². The molecule has 1 N–H and O–H groups in total. The van der Waals surface area contributed by atoms with E-state index in [0.717, 1.165) is 36.5 Å². The fourth-order valence-corrected chi connectivity index (χ4v) is 1.66. The van der Waals surface area contributed by atoms with Gasteiger partial charge in [-0.25, -0.2) is 4.98 Å². The van der Waals surface area contributed by atoms with E-state index in [-0.39, 0.29) is 6.61 Å². The standard InChI is InChI=1S/C12H20N2O2/c1-10-7-11(9-15)8-13-12(10)14(2)5-4-6-16-3/h7-8,15H,4-6,9H2,1-3H3. The van der Waals surface area contributed by atoms with Crippen LogP contribution in [0.25, 0.3) is 0 Å². The number of ether oxygens (including phenoxy) is 1. The number of nitrogens with zero attached hydrogens (tertiary/aromatic N) is 2. The number of anilines is 1. The lowest BCUT2D eigenvalue weighted by Crippen LogP contribution is -2.21. The zero-order chi connectivity index (χ0) is 12.0. The van der Waals surface area contributed by atoms with Crippen molar-refractivity contribution in [1.82, 2.24) is 4.98 Å². The molecule has 0 fully saturated rings. The van der Waals surface area contributed by atoms with Crippen LogP contribution < -0.4 is 4.90 Å². The predicted octanol–water partition coefficient (Wildman–Crippen LogP) is 1.36. The average Bonchev–Trinajstić information content (AvgIpc) is 2.29. The van der Waals surface area contributed by atoms with Gasteiger partial charge in [0.15, 0.2) is 0 Å². The lowest BCUT2D eigenvalue weighted by molar-refractivity contribution is 0.196. The third-order valence-corrected chi connectivity index (χ3v) is 2.49. The molecule has 0 aromatic carbocycles. The molecule has 0 atom stereocenters. The van der Waals surface area contributed by atoms with Crippen molar-refractivity contribution in [2.45, 2.75) is 20.0 Å². The van der Waals surface area contributed by atoms with Gasteiger partial charge in [0.2, 0.25) is 0 Å². The molecule has 1 rings (SSSR count). The summed E-state index contributed by atoms with van der Waals surface area (Å²) in [6.45, 7) is 3.73. The molecule has 0 aliphatic rings. The summed E-state index contributed by atoms with van der Waals surface area (Å²) >= 11 is 0. The van der Waals surface area contributed by atoms with Crippen LogP contribution in [-0.4, -0.2) is 37.4 Å². The van der Waals surface area contributed by atoms with Crippen LogP contribution >= 0.6 is 0 Å². The van der Waals surface area contributed by atoms with E-state index < -0.39 is 0 Å². The Morgan fingerprint density at radius 3 is 2.81 bits per heavy atom. The van der Waals surface area contributed by atoms with Crippen LogP contribution in [0, 0.1) is 6.92 Å². The highest BCUT2D eigenvalue weighted by molar-refractivity contribution is 5.46. The van der Waals surface area contributed by atoms with E-state index in [2.05, 4.69) is 9.88 Å². The van der Waals surface area contributed by atoms with E-state index in [0.29, 0.717) is 0 Å². The van der Waals surface area contributed by atoms with Crippen LogP contribution in [0.2, 0.25) is 0 Å². The molecule has 90 valence electrons. The maximum Gasteiger partial charge on any atom is 0.131 e. The Hall–Kier alpha value is -1.13. The third-order valence-electron chi connectivity index (χ3n) is 2.49. The third kappa shape index (κ3) is 3.47. The monoisotopic (exact) mass is 224 g/mol. The first kappa shape index (κ1) is 12.9. The largest absolute Gasteiger partial charge is 0.392 e. The molecule has 0 amide bonds. The minimum absolute atomic E-state index is 0.0432. The number of aryl methyl sites for hydroxylation is 1. The van der Waals surface area contributed by atoms with Crippen LogP contribution in [-0.2, 0) is 11.3 Å². The van der Waals surface area contributed by atoms with Gasteiger partial charge in [-0.15, -0.1) is 0 Å². The molecule has 0 saturated heterocycles. The lowest BCUT2D eigenvalue weighted by atomic mass is 10.2. The van der Waals surface area contributed by atoms with Gasteiger partial charge >= 0.3 is 0 Å². The fraction of sp³-hybridized carbons (Fsp3) is 0.583. The Balaban J connectivity index is 2.64. The first-order chi connectivity index (χ1) is 7.69. The number of methoxy groups -OCH3 is 1. The second-order valence-corrected chi connectivity index (χ2v) is 3.91. The summed E-state index contributed by atoms with van der Waals surface area (Å²) in [6, 6.07) is 1.97. The van der Waals surface area contributed by atoms with Crippen molar-refractivity contribution in [3.8, 4) is 0 Å². The summed E-state index contributed by atoms with van der Waals surface area (Å²) in [5.74, 6) is 0.966. The van der Waals surface area contributed by atoms with Gasteiger partial charge < -0.3 is 14.7 Å². The number of hydrogen-bond acceptors (Lipinski definition) is 4. The van der Waals surface area contributed by atoms with Crippen molar-refractivity contribution >= 4 is 5.82 Å². The number of aromatic nitrogens is 1. The highest BCUT2D eigenvalue weighted by Crippen LogP contribution is 2.16. The maximum absolute atomic E-state index is 8.99. The molecule has 4 nitrogen and oxygen atoms in total. The molecular formula is C12H20N2O2. The van der Waals surface area contributed by atoms with E-state index in [1.54, 1.807) is 13.3 Å². The minimum Gasteiger partial charge on any atom is -0.392 e. The van der Waals surface area contributed by atoms with Gasteiger partial charge in [0.05, 0.1) is 6.61 Å². The van der Waals surface area contributed by atoms with Gasteiger partial charge in [0, 0.05) is 33.5 Å². The molecular weight excluding hydrogens is 204 g/mol. The van der Waals surface area contributed by atoms with Crippen LogP contribution in [0.15, 0.2) is 12.3 Å². The molecule has 1 aromatic rings. The van der Waals surface area contributed by atoms with Crippen LogP contribution in [0.5, 0.6) is 0 Å². The van der Waals surface area contributed by atoms with Crippen molar-refractivity contribution in [3.63, 3.8) is 0 Å². The minimum atomic E-state index is 0.0432. The van der Waals surface area contributed by atoms with E-state index in [4.69, 9.17) is 9.84 Å². The SMILES string of the molecule is COCCCN(C)c1ncc(CO)cc1C. The summed E-state index contributed by atoms with van der Waals surface area (Å²) in [5, 5.41) is 8.99. The summed E-state index contributed by atoms with van der Waals surface area (Å²) < 4.78 is 5.01. The Morgan fingerprint density at radius 1 is 1.50 bits per heavy atom. The topological polar surface area (TPSA) is 45.6 Å². The van der Waals surface area contributed by atoms with Crippen molar-refractivity contribution in [2.75, 3.05) is 32.2 Å². The van der Waals surface area contributed by atoms with E-state index in [9.17, 15) is 0 Å². The second kappa shape index (κ2) is 6.45. The molecule has 4 heteroatoms. The smallest absolute Gasteiger partial charge is 0.131 e. The number of hydrogen-bond donors (Lipinski definition) is 1. The van der Waals surface area contributed by atoms with Crippen molar-refractivity contribution < 1.29 is 9.84 Å². The van der Waals surface area contributed by atoms with Gasteiger partial charge in [-0.3, -0.25) is 0 Å². The summed E-state index contributed by atoms with van der Waals surface area (Å²) in [6.07, 6.45) is 2.70. The number of pyridine rings is 1. The maximum atomic E-state index is 8.99. The first-order valence-electron chi connectivity index (χ1n) is 5.45. The van der Waals surface area contributed by atoms with Crippen LogP contribution in [0.4, 0.5) is 5.82 Å². The molecule has 0 saturated carbocycles. The highest BCUT2D eigenvalue weighted by Gasteiger charge is 2.06. The van der Waals surface area contributed by atoms with Gasteiger partial charge in [-0.05, 0) is 30.5 Å².